The van der Waals surface area contributed by atoms with E-state index < -0.39 is 0 Å². The van der Waals surface area contributed by atoms with E-state index in [1.54, 1.807) is 18.5 Å². The van der Waals surface area contributed by atoms with Crippen molar-refractivity contribution < 1.29 is 4.79 Å². The third kappa shape index (κ3) is 3.19. The van der Waals surface area contributed by atoms with E-state index in [0.717, 1.165) is 12.2 Å². The molecule has 1 aromatic rings. The van der Waals surface area contributed by atoms with E-state index in [9.17, 15) is 4.79 Å². The molecule has 0 bridgehead atoms. The molecule has 2 rings (SSSR count). The number of carbonyl (C=O) groups excluding carboxylic acids is 1. The topological polar surface area (TPSA) is 57.8 Å². The molecule has 0 aliphatic heterocycles. The number of rotatable bonds is 5. The van der Waals surface area contributed by atoms with Crippen molar-refractivity contribution in [2.75, 3.05) is 0 Å². The van der Waals surface area contributed by atoms with Crippen LogP contribution in [0.5, 0.6) is 0 Å². The fourth-order valence-electron chi connectivity index (χ4n) is 1.91. The highest BCUT2D eigenvalue weighted by Crippen LogP contribution is 2.35. The summed E-state index contributed by atoms with van der Waals surface area (Å²) >= 11 is 0. The summed E-state index contributed by atoms with van der Waals surface area (Å²) < 4.78 is 0. The molecule has 1 fully saturated rings. The number of aromatic nitrogens is 2. The van der Waals surface area contributed by atoms with E-state index in [-0.39, 0.29) is 11.9 Å². The van der Waals surface area contributed by atoms with Crippen molar-refractivity contribution in [3.63, 3.8) is 0 Å². The molecule has 0 spiro atoms. The molecular weight excluding hydrogens is 214 g/mol. The lowest BCUT2D eigenvalue weighted by Crippen LogP contribution is -2.27. The zero-order valence-electron chi connectivity index (χ0n) is 10.4. The summed E-state index contributed by atoms with van der Waals surface area (Å²) in [5.41, 5.74) is 1.19. The fourth-order valence-corrected chi connectivity index (χ4v) is 1.91. The number of nitrogens with one attached hydrogen (secondary N) is 2. The maximum absolute atomic E-state index is 11.8. The van der Waals surface area contributed by atoms with E-state index in [1.807, 2.05) is 13.8 Å². The summed E-state index contributed by atoms with van der Waals surface area (Å²) in [5, 5.41) is 2.97. The largest absolute Gasteiger partial charge is 0.347 e. The van der Waals surface area contributed by atoms with Crippen LogP contribution < -0.4 is 5.32 Å². The summed E-state index contributed by atoms with van der Waals surface area (Å²) in [7, 11) is 0. The normalized spacial score (nSPS) is 17.9. The van der Waals surface area contributed by atoms with Gasteiger partial charge in [-0.05, 0) is 32.1 Å². The molecule has 0 saturated heterocycles. The predicted molar refractivity (Wildman–Crippen MR) is 66.2 cm³/mol. The Labute approximate surface area is 102 Å². The molecule has 4 nitrogen and oxygen atoms in total. The van der Waals surface area contributed by atoms with Crippen molar-refractivity contribution >= 4 is 5.91 Å². The first-order valence-electron chi connectivity index (χ1n) is 6.18. The average Bonchev–Trinajstić information content (AvgIpc) is 3.03. The van der Waals surface area contributed by atoms with Gasteiger partial charge in [0.1, 0.15) is 5.82 Å². The second-order valence-electron chi connectivity index (χ2n) is 4.61. The summed E-state index contributed by atoms with van der Waals surface area (Å²) in [6.45, 7) is 4.07. The van der Waals surface area contributed by atoms with Gasteiger partial charge in [-0.2, -0.15) is 0 Å². The third-order valence-corrected chi connectivity index (χ3v) is 3.15. The first-order chi connectivity index (χ1) is 8.20. The van der Waals surface area contributed by atoms with E-state index in [0.29, 0.717) is 5.92 Å². The van der Waals surface area contributed by atoms with Crippen LogP contribution in [0.1, 0.15) is 45.0 Å². The molecule has 17 heavy (non-hydrogen) atoms. The minimum absolute atomic E-state index is 0.0161. The minimum atomic E-state index is -0.0271. The van der Waals surface area contributed by atoms with Crippen molar-refractivity contribution in [1.29, 1.82) is 0 Å². The van der Waals surface area contributed by atoms with Gasteiger partial charge in [0.2, 0.25) is 5.91 Å². The Morgan fingerprint density at radius 2 is 2.47 bits per heavy atom. The number of amides is 1. The van der Waals surface area contributed by atoms with Gasteiger partial charge < -0.3 is 10.3 Å². The molecule has 1 unspecified atom stereocenters. The van der Waals surface area contributed by atoms with Crippen molar-refractivity contribution in [3.05, 3.63) is 29.9 Å². The van der Waals surface area contributed by atoms with E-state index in [2.05, 4.69) is 15.3 Å². The van der Waals surface area contributed by atoms with Crippen LogP contribution in [-0.4, -0.2) is 15.9 Å². The highest BCUT2D eigenvalue weighted by atomic mass is 16.1. The highest BCUT2D eigenvalue weighted by molar-refractivity contribution is 5.88. The predicted octanol–water partition coefficient (Wildman–Crippen LogP) is 2.33. The molecule has 1 aromatic heterocycles. The van der Waals surface area contributed by atoms with E-state index in [4.69, 9.17) is 0 Å². The minimum Gasteiger partial charge on any atom is -0.347 e. The molecule has 1 atom stereocenters. The molecule has 1 aliphatic rings. The van der Waals surface area contributed by atoms with Crippen LogP contribution in [0.4, 0.5) is 0 Å². The number of nitrogens with zero attached hydrogens (tertiary/aromatic N) is 1. The summed E-state index contributed by atoms with van der Waals surface area (Å²) in [6, 6.07) is -0.0271. The van der Waals surface area contributed by atoms with Crippen LogP contribution in [0, 0.1) is 5.92 Å². The van der Waals surface area contributed by atoms with Gasteiger partial charge in [-0.25, -0.2) is 4.98 Å². The maximum atomic E-state index is 11.8. The smallest absolute Gasteiger partial charge is 0.244 e. The van der Waals surface area contributed by atoms with E-state index >= 15 is 0 Å². The molecule has 4 heteroatoms. The van der Waals surface area contributed by atoms with Crippen LogP contribution in [-0.2, 0) is 4.79 Å². The number of imidazole rings is 1. The van der Waals surface area contributed by atoms with Gasteiger partial charge in [0.15, 0.2) is 0 Å². The summed E-state index contributed by atoms with van der Waals surface area (Å²) in [4.78, 5) is 19.0. The molecule has 1 heterocycles. The lowest BCUT2D eigenvalue weighted by molar-refractivity contribution is -0.117. The Bertz CT molecular complexity index is 404. The van der Waals surface area contributed by atoms with E-state index in [1.165, 1.54) is 18.4 Å². The van der Waals surface area contributed by atoms with Gasteiger partial charge in [-0.3, -0.25) is 4.79 Å². The Balaban J connectivity index is 1.94. The quantitative estimate of drug-likeness (QED) is 0.767. The Hall–Kier alpha value is -1.58. The molecular formula is C13H19N3O. The number of hydrogen-bond acceptors (Lipinski definition) is 2. The number of aromatic amines is 1. The number of allylic oxidation sites excluding steroid dienone is 1. The second kappa shape index (κ2) is 5.17. The summed E-state index contributed by atoms with van der Waals surface area (Å²) in [5.74, 6) is 1.44. The van der Waals surface area contributed by atoms with Gasteiger partial charge in [-0.1, -0.05) is 12.5 Å². The molecule has 1 aliphatic carbocycles. The van der Waals surface area contributed by atoms with Crippen LogP contribution in [0.15, 0.2) is 24.0 Å². The highest BCUT2D eigenvalue weighted by Gasteiger charge is 2.23. The molecule has 1 amide bonds. The number of carbonyl (C=O) groups is 1. The lowest BCUT2D eigenvalue weighted by Gasteiger charge is -2.13. The molecule has 1 saturated carbocycles. The van der Waals surface area contributed by atoms with Crippen molar-refractivity contribution in [2.45, 2.75) is 39.2 Å². The molecule has 92 valence electrons. The standard InChI is InChI=1S/C13H19N3O/c1-3-11(13-14-6-7-15-13)16-12(17)8-9(2)10-4-5-10/h6-8,10-11H,3-5H2,1-2H3,(H,14,15)(H,16,17). The Kier molecular flexibility index (Phi) is 3.61. The molecule has 2 N–H and O–H groups in total. The zero-order chi connectivity index (χ0) is 12.3. The first kappa shape index (κ1) is 11.9. The molecule has 0 radical (unpaired) electrons. The second-order valence-corrected chi connectivity index (χ2v) is 4.61. The SMILES string of the molecule is CCC(NC(=O)C=C(C)C1CC1)c1ncc[nH]1. The summed E-state index contributed by atoms with van der Waals surface area (Å²) in [6.07, 6.45) is 8.49. The first-order valence-corrected chi connectivity index (χ1v) is 6.18. The van der Waals surface area contributed by atoms with Gasteiger partial charge in [0.25, 0.3) is 0 Å². The average molecular weight is 233 g/mol. The van der Waals surface area contributed by atoms with Crippen LogP contribution in [0.2, 0.25) is 0 Å². The number of H-pyrrole nitrogens is 1. The lowest BCUT2D eigenvalue weighted by atomic mass is 10.1. The van der Waals surface area contributed by atoms with Crippen LogP contribution >= 0.6 is 0 Å². The van der Waals surface area contributed by atoms with Gasteiger partial charge in [0, 0.05) is 18.5 Å². The van der Waals surface area contributed by atoms with Crippen molar-refractivity contribution in [2.24, 2.45) is 5.92 Å². The van der Waals surface area contributed by atoms with Crippen molar-refractivity contribution in [3.8, 4) is 0 Å². The third-order valence-electron chi connectivity index (χ3n) is 3.15. The Morgan fingerprint density at radius 1 is 1.71 bits per heavy atom. The fraction of sp³-hybridized carbons (Fsp3) is 0.538. The van der Waals surface area contributed by atoms with Gasteiger partial charge in [-0.15, -0.1) is 0 Å². The van der Waals surface area contributed by atoms with Gasteiger partial charge in [0.05, 0.1) is 6.04 Å². The van der Waals surface area contributed by atoms with Crippen molar-refractivity contribution in [1.82, 2.24) is 15.3 Å². The monoisotopic (exact) mass is 233 g/mol. The zero-order valence-corrected chi connectivity index (χ0v) is 10.4. The van der Waals surface area contributed by atoms with Crippen LogP contribution in [0.3, 0.4) is 0 Å². The molecule has 0 aromatic carbocycles. The van der Waals surface area contributed by atoms with Crippen LogP contribution in [0.25, 0.3) is 0 Å². The van der Waals surface area contributed by atoms with Gasteiger partial charge >= 0.3 is 0 Å². The Morgan fingerprint density at radius 3 is 3.00 bits per heavy atom. The number of hydrogen-bond donors (Lipinski definition) is 2. The maximum Gasteiger partial charge on any atom is 0.244 e.